The van der Waals surface area contributed by atoms with E-state index in [2.05, 4.69) is 10.1 Å². The second-order valence-corrected chi connectivity index (χ2v) is 7.63. The standard InChI is InChI=1S/C22H14N4O5S/c1-29-21(28)13-6-4-12(5-7-13)16-9-8-14(31-16)11-15-18(23)26-22(24-19(15)27)32-20(25-26)17-3-2-10-30-17/h2-11,23H,1H3. The van der Waals surface area contributed by atoms with Gasteiger partial charge in [-0.15, -0.1) is 0 Å². The van der Waals surface area contributed by atoms with Gasteiger partial charge in [0, 0.05) is 5.56 Å². The van der Waals surface area contributed by atoms with Gasteiger partial charge in [-0.1, -0.05) is 12.1 Å². The number of thioether (sulfide) groups is 1. The number of hydrogen-bond donors (Lipinski definition) is 1. The topological polar surface area (TPSA) is 121 Å². The van der Waals surface area contributed by atoms with Crippen molar-refractivity contribution in [3.63, 3.8) is 0 Å². The molecule has 1 N–H and O–H groups in total. The van der Waals surface area contributed by atoms with E-state index in [1.165, 1.54) is 24.5 Å². The summed E-state index contributed by atoms with van der Waals surface area (Å²) in [6.07, 6.45) is 2.99. The van der Waals surface area contributed by atoms with E-state index in [-0.39, 0.29) is 11.4 Å². The van der Waals surface area contributed by atoms with Gasteiger partial charge in [0.15, 0.2) is 16.6 Å². The van der Waals surface area contributed by atoms with E-state index in [1.54, 1.807) is 48.5 Å². The molecule has 9 nitrogen and oxygen atoms in total. The average molecular weight is 446 g/mol. The summed E-state index contributed by atoms with van der Waals surface area (Å²) >= 11 is 1.16. The van der Waals surface area contributed by atoms with Crippen LogP contribution >= 0.6 is 11.8 Å². The molecule has 1 aromatic carbocycles. The molecule has 1 amide bonds. The Labute approximate surface area is 185 Å². The van der Waals surface area contributed by atoms with E-state index in [0.29, 0.717) is 33.1 Å². The van der Waals surface area contributed by atoms with E-state index in [1.807, 2.05) is 0 Å². The first kappa shape index (κ1) is 19.8. The van der Waals surface area contributed by atoms with Crippen LogP contribution in [0.15, 0.2) is 79.3 Å². The second-order valence-electron chi connectivity index (χ2n) is 6.67. The highest BCUT2D eigenvalue weighted by molar-refractivity contribution is 8.27. The van der Waals surface area contributed by atoms with Crippen LogP contribution in [0.25, 0.3) is 17.4 Å². The maximum atomic E-state index is 12.6. The average Bonchev–Trinajstić information content (AvgIpc) is 3.57. The maximum absolute atomic E-state index is 12.6. The fraction of sp³-hybridized carbons (Fsp3) is 0.0455. The number of benzene rings is 1. The fourth-order valence-electron chi connectivity index (χ4n) is 3.11. The number of amides is 1. The molecule has 10 heteroatoms. The first-order chi connectivity index (χ1) is 15.5. The summed E-state index contributed by atoms with van der Waals surface area (Å²) in [5.41, 5.74) is 1.23. The number of furan rings is 2. The quantitative estimate of drug-likeness (QED) is 0.475. The van der Waals surface area contributed by atoms with Crippen molar-refractivity contribution >= 4 is 45.8 Å². The number of nitrogens with one attached hydrogen (secondary N) is 1. The third kappa shape index (κ3) is 3.46. The van der Waals surface area contributed by atoms with Crippen molar-refractivity contribution in [2.45, 2.75) is 0 Å². The minimum atomic E-state index is -0.551. The molecular weight excluding hydrogens is 432 g/mol. The van der Waals surface area contributed by atoms with Crippen molar-refractivity contribution in [2.24, 2.45) is 10.1 Å². The van der Waals surface area contributed by atoms with Crippen LogP contribution in [0.4, 0.5) is 0 Å². The second kappa shape index (κ2) is 7.82. The minimum absolute atomic E-state index is 0.0562. The summed E-state index contributed by atoms with van der Waals surface area (Å²) in [4.78, 5) is 28.2. The zero-order valence-corrected chi connectivity index (χ0v) is 17.4. The molecule has 3 aromatic rings. The number of amidine groups is 2. The van der Waals surface area contributed by atoms with Crippen molar-refractivity contribution in [3.8, 4) is 11.3 Å². The Bertz CT molecular complexity index is 1330. The zero-order valence-electron chi connectivity index (χ0n) is 16.6. The molecule has 0 spiro atoms. The molecular formula is C22H14N4O5S. The van der Waals surface area contributed by atoms with E-state index in [4.69, 9.17) is 19.0 Å². The van der Waals surface area contributed by atoms with Crippen molar-refractivity contribution in [2.75, 3.05) is 7.11 Å². The van der Waals surface area contributed by atoms with Gasteiger partial charge in [-0.2, -0.15) is 15.1 Å². The Morgan fingerprint density at radius 2 is 1.97 bits per heavy atom. The normalized spacial score (nSPS) is 16.8. The molecule has 0 bridgehead atoms. The van der Waals surface area contributed by atoms with Gasteiger partial charge in [0.05, 0.1) is 24.5 Å². The molecule has 0 saturated heterocycles. The molecule has 0 saturated carbocycles. The molecule has 0 atom stereocenters. The van der Waals surface area contributed by atoms with Crippen LogP contribution in [0.3, 0.4) is 0 Å². The zero-order chi connectivity index (χ0) is 22.2. The third-order valence-corrected chi connectivity index (χ3v) is 5.61. The molecule has 158 valence electrons. The van der Waals surface area contributed by atoms with Crippen LogP contribution in [0.5, 0.6) is 0 Å². The largest absolute Gasteiger partial charge is 0.465 e. The molecule has 2 aliphatic rings. The Balaban J connectivity index is 1.40. The Hall–Kier alpha value is -4.18. The summed E-state index contributed by atoms with van der Waals surface area (Å²) in [5.74, 6) is 0.382. The molecule has 2 aromatic heterocycles. The highest BCUT2D eigenvalue weighted by atomic mass is 32.2. The minimum Gasteiger partial charge on any atom is -0.465 e. The van der Waals surface area contributed by atoms with Crippen LogP contribution in [0.2, 0.25) is 0 Å². The van der Waals surface area contributed by atoms with E-state index in [9.17, 15) is 9.59 Å². The monoisotopic (exact) mass is 446 g/mol. The van der Waals surface area contributed by atoms with Crippen molar-refractivity contribution < 1.29 is 23.2 Å². The molecule has 5 rings (SSSR count). The summed E-state index contributed by atoms with van der Waals surface area (Å²) in [5, 5.41) is 14.9. The smallest absolute Gasteiger partial charge is 0.337 e. The van der Waals surface area contributed by atoms with E-state index >= 15 is 0 Å². The molecule has 4 heterocycles. The number of fused-ring (bicyclic) bond motifs is 1. The number of hydrazone groups is 1. The van der Waals surface area contributed by atoms with Crippen molar-refractivity contribution in [1.29, 1.82) is 5.41 Å². The number of rotatable bonds is 4. The number of nitrogens with zero attached hydrogens (tertiary/aromatic N) is 3. The molecule has 0 radical (unpaired) electrons. The van der Waals surface area contributed by atoms with Crippen LogP contribution < -0.4 is 0 Å². The summed E-state index contributed by atoms with van der Waals surface area (Å²) in [6.45, 7) is 0. The molecule has 0 fully saturated rings. The van der Waals surface area contributed by atoms with Gasteiger partial charge < -0.3 is 13.6 Å². The lowest BCUT2D eigenvalue weighted by molar-refractivity contribution is -0.114. The lowest BCUT2D eigenvalue weighted by Crippen LogP contribution is -2.35. The molecule has 0 aliphatic carbocycles. The highest BCUT2D eigenvalue weighted by Crippen LogP contribution is 2.31. The molecule has 2 aliphatic heterocycles. The van der Waals surface area contributed by atoms with Gasteiger partial charge in [0.1, 0.15) is 11.5 Å². The number of esters is 1. The van der Waals surface area contributed by atoms with E-state index < -0.39 is 11.9 Å². The number of ether oxygens (including phenoxy) is 1. The molecule has 0 unspecified atom stereocenters. The first-order valence-corrected chi connectivity index (χ1v) is 10.2. The van der Waals surface area contributed by atoms with Gasteiger partial charge >= 0.3 is 5.97 Å². The van der Waals surface area contributed by atoms with Crippen molar-refractivity contribution in [3.05, 3.63) is 77.5 Å². The van der Waals surface area contributed by atoms with Crippen molar-refractivity contribution in [1.82, 2.24) is 5.01 Å². The lowest BCUT2D eigenvalue weighted by Gasteiger charge is -2.19. The van der Waals surface area contributed by atoms with Gasteiger partial charge in [0.25, 0.3) is 5.91 Å². The number of methoxy groups -OCH3 is 1. The molecule has 32 heavy (non-hydrogen) atoms. The third-order valence-electron chi connectivity index (χ3n) is 4.69. The Kier molecular flexibility index (Phi) is 4.83. The number of hydrogen-bond acceptors (Lipinski definition) is 8. The summed E-state index contributed by atoms with van der Waals surface area (Å²) < 4.78 is 15.9. The van der Waals surface area contributed by atoms with Gasteiger partial charge in [-0.05, 0) is 54.2 Å². The Morgan fingerprint density at radius 1 is 1.16 bits per heavy atom. The summed E-state index contributed by atoms with van der Waals surface area (Å²) in [7, 11) is 1.32. The number of carbonyl (C=O) groups excluding carboxylic acids is 2. The summed E-state index contributed by atoms with van der Waals surface area (Å²) in [6, 6.07) is 13.6. The number of aliphatic imine (C=N–C) groups is 1. The predicted octanol–water partition coefficient (Wildman–Crippen LogP) is 3.99. The Morgan fingerprint density at radius 3 is 2.69 bits per heavy atom. The van der Waals surface area contributed by atoms with Gasteiger partial charge in [0.2, 0.25) is 5.17 Å². The number of carbonyl (C=O) groups is 2. The van der Waals surface area contributed by atoms with Crippen LogP contribution in [-0.2, 0) is 9.53 Å². The van der Waals surface area contributed by atoms with Crippen LogP contribution in [0, 0.1) is 5.41 Å². The van der Waals surface area contributed by atoms with Gasteiger partial charge in [-0.25, -0.2) is 4.79 Å². The highest BCUT2D eigenvalue weighted by Gasteiger charge is 2.36. The maximum Gasteiger partial charge on any atom is 0.337 e. The van der Waals surface area contributed by atoms with Gasteiger partial charge in [-0.3, -0.25) is 10.2 Å². The van der Waals surface area contributed by atoms with E-state index in [0.717, 1.165) is 17.3 Å². The lowest BCUT2D eigenvalue weighted by atomic mass is 10.1. The first-order valence-electron chi connectivity index (χ1n) is 9.36. The van der Waals surface area contributed by atoms with Crippen LogP contribution in [0.1, 0.15) is 21.9 Å². The fourth-order valence-corrected chi connectivity index (χ4v) is 3.97. The van der Waals surface area contributed by atoms with Crippen LogP contribution in [-0.4, -0.2) is 40.0 Å². The predicted molar refractivity (Wildman–Crippen MR) is 118 cm³/mol. The SMILES string of the molecule is COC(=O)c1ccc(-c2ccc(C=C3C(=N)N4N=C(c5ccco5)SC4=NC3=O)o2)cc1.